The number of benzene rings is 2. The van der Waals surface area contributed by atoms with Gasteiger partial charge in [0, 0.05) is 24.6 Å². The maximum absolute atomic E-state index is 14.3. The Morgan fingerprint density at radius 1 is 1.06 bits per heavy atom. The van der Waals surface area contributed by atoms with E-state index in [1.165, 1.54) is 21.3 Å². The van der Waals surface area contributed by atoms with Crippen molar-refractivity contribution in [3.63, 3.8) is 0 Å². The van der Waals surface area contributed by atoms with E-state index in [2.05, 4.69) is 12.2 Å². The summed E-state index contributed by atoms with van der Waals surface area (Å²) in [5.41, 5.74) is 0.707. The van der Waals surface area contributed by atoms with Crippen LogP contribution < -0.4 is 19.5 Å². The summed E-state index contributed by atoms with van der Waals surface area (Å²) >= 11 is 0. The van der Waals surface area contributed by atoms with Crippen LogP contribution in [-0.2, 0) is 4.79 Å². The summed E-state index contributed by atoms with van der Waals surface area (Å²) in [6.07, 6.45) is 1.90. The number of nitrogens with one attached hydrogen (secondary N) is 1. The van der Waals surface area contributed by atoms with Crippen molar-refractivity contribution in [2.75, 3.05) is 41.0 Å². The number of carbonyl (C=O) groups is 2. The van der Waals surface area contributed by atoms with Crippen molar-refractivity contribution in [2.24, 2.45) is 11.8 Å². The molecule has 8 heteroatoms. The first-order valence-corrected chi connectivity index (χ1v) is 12.5. The first-order valence-electron chi connectivity index (χ1n) is 12.5. The van der Waals surface area contributed by atoms with Crippen LogP contribution in [0.4, 0.5) is 0 Å². The first kappa shape index (κ1) is 25.8. The summed E-state index contributed by atoms with van der Waals surface area (Å²) in [7, 11) is 4.57. The van der Waals surface area contributed by atoms with E-state index in [-0.39, 0.29) is 17.7 Å². The molecule has 0 saturated carbocycles. The molecule has 2 N–H and O–H groups in total. The number of carbonyl (C=O) groups excluding carboxylic acids is 1. The van der Waals surface area contributed by atoms with Gasteiger partial charge in [0.15, 0.2) is 11.5 Å². The number of hydrogen-bond donors (Lipinski definition) is 2. The van der Waals surface area contributed by atoms with Gasteiger partial charge in [0.2, 0.25) is 5.75 Å². The van der Waals surface area contributed by atoms with E-state index in [0.717, 1.165) is 25.1 Å². The Bertz CT molecular complexity index is 1060. The number of aliphatic carboxylic acids is 1. The molecule has 2 fully saturated rings. The Balaban J connectivity index is 1.89. The van der Waals surface area contributed by atoms with Crippen molar-refractivity contribution >= 4 is 11.9 Å². The van der Waals surface area contributed by atoms with E-state index in [9.17, 15) is 14.7 Å². The van der Waals surface area contributed by atoms with Crippen molar-refractivity contribution in [3.8, 4) is 17.2 Å². The van der Waals surface area contributed by atoms with Crippen LogP contribution in [0.25, 0.3) is 0 Å². The molecule has 4 rings (SSSR count). The molecule has 2 aromatic rings. The number of nitrogens with zero attached hydrogens (tertiary/aromatic N) is 1. The Morgan fingerprint density at radius 3 is 2.22 bits per heavy atom. The van der Waals surface area contributed by atoms with Crippen LogP contribution >= 0.6 is 0 Å². The maximum atomic E-state index is 14.3. The molecule has 2 aliphatic heterocycles. The van der Waals surface area contributed by atoms with Gasteiger partial charge in [-0.1, -0.05) is 37.3 Å². The molecule has 1 amide bonds. The van der Waals surface area contributed by atoms with Crippen molar-refractivity contribution < 1.29 is 28.9 Å². The van der Waals surface area contributed by atoms with Crippen LogP contribution in [0.1, 0.15) is 48.0 Å². The van der Waals surface area contributed by atoms with Crippen LogP contribution in [0.15, 0.2) is 42.5 Å². The molecular formula is C28H36N2O6. The average molecular weight is 497 g/mol. The van der Waals surface area contributed by atoms with Crippen molar-refractivity contribution in [2.45, 2.75) is 37.6 Å². The van der Waals surface area contributed by atoms with E-state index in [1.54, 1.807) is 12.1 Å². The van der Waals surface area contributed by atoms with Crippen LogP contribution in [0.2, 0.25) is 0 Å². The Morgan fingerprint density at radius 2 is 1.72 bits per heavy atom. The highest BCUT2D eigenvalue weighted by molar-refractivity contribution is 5.96. The van der Waals surface area contributed by atoms with Crippen molar-refractivity contribution in [3.05, 3.63) is 53.6 Å². The minimum absolute atomic E-state index is 0.112. The normalized spacial score (nSPS) is 25.9. The predicted octanol–water partition coefficient (Wildman–Crippen LogP) is 3.80. The average Bonchev–Trinajstić information content (AvgIpc) is 3.46. The Labute approximate surface area is 212 Å². The number of ether oxygens (including phenoxy) is 3. The lowest BCUT2D eigenvalue weighted by Gasteiger charge is -2.57. The molecule has 0 aromatic heterocycles. The van der Waals surface area contributed by atoms with Gasteiger partial charge < -0.3 is 29.5 Å². The van der Waals surface area contributed by atoms with E-state index in [1.807, 2.05) is 35.2 Å². The number of likely N-dealkylation sites (tertiary alicyclic amines) is 1. The number of amides is 1. The highest BCUT2D eigenvalue weighted by Crippen LogP contribution is 2.52. The molecule has 2 aromatic carbocycles. The molecule has 2 aliphatic rings. The molecule has 4 unspecified atom stereocenters. The second-order valence-corrected chi connectivity index (χ2v) is 9.53. The van der Waals surface area contributed by atoms with E-state index < -0.39 is 17.4 Å². The molecule has 0 aliphatic carbocycles. The number of methoxy groups -OCH3 is 3. The molecule has 36 heavy (non-hydrogen) atoms. The van der Waals surface area contributed by atoms with Gasteiger partial charge in [-0.15, -0.1) is 0 Å². The number of carboxylic acid groups (broad SMARTS) is 1. The molecule has 0 bridgehead atoms. The van der Waals surface area contributed by atoms with Crippen molar-refractivity contribution in [1.82, 2.24) is 10.2 Å². The predicted molar refractivity (Wildman–Crippen MR) is 136 cm³/mol. The fourth-order valence-corrected chi connectivity index (χ4v) is 6.51. The van der Waals surface area contributed by atoms with E-state index in [0.29, 0.717) is 42.2 Å². The van der Waals surface area contributed by atoms with Crippen molar-refractivity contribution in [1.29, 1.82) is 0 Å². The molecule has 8 nitrogen and oxygen atoms in total. The third-order valence-electron chi connectivity index (χ3n) is 8.07. The number of carboxylic acids is 1. The van der Waals surface area contributed by atoms with Gasteiger partial charge in [-0.25, -0.2) is 0 Å². The minimum atomic E-state index is -0.812. The zero-order valence-electron chi connectivity index (χ0n) is 21.5. The smallest absolute Gasteiger partial charge is 0.307 e. The van der Waals surface area contributed by atoms with E-state index >= 15 is 0 Å². The van der Waals surface area contributed by atoms with E-state index in [4.69, 9.17) is 14.2 Å². The monoisotopic (exact) mass is 496 g/mol. The molecule has 2 saturated heterocycles. The number of rotatable bonds is 8. The standard InChI is InChI=1S/C28H36N2O6/c1-5-28(20-11-13-29-17-20)24(18-9-7-6-8-10-18)21(27(32)33)12-14-30(28)26(31)19-15-22(34-2)25(36-4)23(16-19)35-3/h6-10,15-16,20-21,24,29H,5,11-14,17H2,1-4H3,(H,32,33). The SMILES string of the molecule is CCC1(C2CCNC2)C(c2ccccc2)C(C(=O)O)CCN1C(=O)c1cc(OC)c(OC)c(OC)c1. The van der Waals surface area contributed by atoms with Gasteiger partial charge in [-0.2, -0.15) is 0 Å². The third-order valence-corrected chi connectivity index (χ3v) is 8.07. The highest BCUT2D eigenvalue weighted by Gasteiger charge is 2.57. The summed E-state index contributed by atoms with van der Waals surface area (Å²) < 4.78 is 16.5. The number of piperidine rings is 1. The summed E-state index contributed by atoms with van der Waals surface area (Å²) in [5, 5.41) is 13.8. The lowest BCUT2D eigenvalue weighted by Crippen LogP contribution is -2.65. The second kappa shape index (κ2) is 10.8. The fraction of sp³-hybridized carbons (Fsp3) is 0.500. The number of hydrogen-bond acceptors (Lipinski definition) is 6. The van der Waals surface area contributed by atoms with Gasteiger partial charge >= 0.3 is 5.97 Å². The van der Waals surface area contributed by atoms with Crippen LogP contribution in [0.5, 0.6) is 17.2 Å². The van der Waals surface area contributed by atoms with Gasteiger partial charge in [0.25, 0.3) is 5.91 Å². The quantitative estimate of drug-likeness (QED) is 0.574. The summed E-state index contributed by atoms with van der Waals surface area (Å²) in [5.74, 6) is -0.552. The zero-order chi connectivity index (χ0) is 25.9. The van der Waals surface area contributed by atoms with Gasteiger partial charge in [0.1, 0.15) is 0 Å². The van der Waals surface area contributed by atoms with Crippen LogP contribution in [0.3, 0.4) is 0 Å². The molecule has 2 heterocycles. The summed E-state index contributed by atoms with van der Waals surface area (Å²) in [4.78, 5) is 28.8. The molecule has 194 valence electrons. The molecule has 4 atom stereocenters. The maximum Gasteiger partial charge on any atom is 0.307 e. The largest absolute Gasteiger partial charge is 0.493 e. The zero-order valence-corrected chi connectivity index (χ0v) is 21.5. The van der Waals surface area contributed by atoms with Crippen LogP contribution in [0, 0.1) is 11.8 Å². The topological polar surface area (TPSA) is 97.3 Å². The molecular weight excluding hydrogens is 460 g/mol. The van der Waals surface area contributed by atoms with Gasteiger partial charge in [-0.3, -0.25) is 9.59 Å². The lowest BCUT2D eigenvalue weighted by atomic mass is 9.60. The first-order chi connectivity index (χ1) is 17.4. The molecule has 0 radical (unpaired) electrons. The molecule has 0 spiro atoms. The summed E-state index contributed by atoms with van der Waals surface area (Å²) in [6, 6.07) is 13.2. The summed E-state index contributed by atoms with van der Waals surface area (Å²) in [6.45, 7) is 4.02. The Hall–Kier alpha value is -3.26. The third kappa shape index (κ3) is 4.28. The van der Waals surface area contributed by atoms with Gasteiger partial charge in [-0.05, 0) is 49.4 Å². The van der Waals surface area contributed by atoms with Gasteiger partial charge in [0.05, 0.1) is 32.8 Å². The highest BCUT2D eigenvalue weighted by atomic mass is 16.5. The second-order valence-electron chi connectivity index (χ2n) is 9.53. The Kier molecular flexibility index (Phi) is 7.73. The fourth-order valence-electron chi connectivity index (χ4n) is 6.51. The van der Waals surface area contributed by atoms with Crippen LogP contribution in [-0.4, -0.2) is 68.4 Å². The lowest BCUT2D eigenvalue weighted by molar-refractivity contribution is -0.148. The minimum Gasteiger partial charge on any atom is -0.493 e.